The maximum atomic E-state index is 5.80. The van der Waals surface area contributed by atoms with Crippen molar-refractivity contribution in [3.05, 3.63) is 109 Å². The Morgan fingerprint density at radius 3 is 2.28 bits per heavy atom. The summed E-state index contributed by atoms with van der Waals surface area (Å²) in [6, 6.07) is 29.0. The van der Waals surface area contributed by atoms with E-state index in [9.17, 15) is 0 Å². The van der Waals surface area contributed by atoms with Crippen molar-refractivity contribution in [2.24, 2.45) is 5.73 Å². The van der Waals surface area contributed by atoms with Crippen molar-refractivity contribution in [2.75, 3.05) is 11.9 Å². The number of nitrogens with one attached hydrogen (secondary N) is 2. The lowest BCUT2D eigenvalue weighted by Crippen LogP contribution is -3.00. The molecule has 0 bridgehead atoms. The molecule has 3 aromatic heterocycles. The first-order chi connectivity index (χ1) is 16.3. The zero-order valence-electron chi connectivity index (χ0n) is 19.5. The molecule has 5 nitrogen and oxygen atoms in total. The molecule has 5 aromatic rings. The fraction of sp³-hybridized carbons (Fsp3) is 0.107. The molecule has 0 amide bonds. The van der Waals surface area contributed by atoms with Gasteiger partial charge in [0.25, 0.3) is 0 Å². The molecule has 0 aliphatic carbocycles. The predicted molar refractivity (Wildman–Crippen MR) is 148 cm³/mol. The molecule has 0 radical (unpaired) electrons. The number of anilines is 1. The van der Waals surface area contributed by atoms with Gasteiger partial charge in [0.05, 0.1) is 11.2 Å². The summed E-state index contributed by atoms with van der Waals surface area (Å²) in [7, 11) is 0. The molecule has 3 heterocycles. The third-order valence-corrected chi connectivity index (χ3v) is 5.75. The van der Waals surface area contributed by atoms with Crippen molar-refractivity contribution in [2.45, 2.75) is 13.0 Å². The number of pyridine rings is 3. The Hall–Kier alpha value is -3.22. The van der Waals surface area contributed by atoms with E-state index in [-0.39, 0.29) is 37.2 Å². The zero-order valence-corrected chi connectivity index (χ0v) is 21.9. The first kappa shape index (κ1) is 29.0. The average molecular weight is 541 g/mol. The van der Waals surface area contributed by atoms with Crippen LogP contribution in [-0.2, 0) is 13.0 Å². The van der Waals surface area contributed by atoms with E-state index in [0.29, 0.717) is 6.54 Å². The second-order valence-electron chi connectivity index (χ2n) is 7.94. The van der Waals surface area contributed by atoms with Crippen molar-refractivity contribution >= 4 is 41.5 Å². The number of nitrogens with zero attached hydrogens (tertiary/aromatic N) is 2. The molecule has 0 aliphatic heterocycles. The van der Waals surface area contributed by atoms with Crippen LogP contribution in [0.2, 0.25) is 0 Å². The summed E-state index contributed by atoms with van der Waals surface area (Å²) < 4.78 is 0. The number of nitrogens with two attached hydrogens (primary N) is 1. The SMILES string of the molecule is Cl.Cl.NCc1ccc(-c2nc3ccnc(NCCc4cccc[nH+]4)c3cc2-c2ccccc2)cc1.[Cl-]. The van der Waals surface area contributed by atoms with Crippen molar-refractivity contribution in [1.29, 1.82) is 0 Å². The number of benzene rings is 2. The van der Waals surface area contributed by atoms with Gasteiger partial charge < -0.3 is 23.5 Å². The van der Waals surface area contributed by atoms with Crippen molar-refractivity contribution in [3.63, 3.8) is 0 Å². The Labute approximate surface area is 229 Å². The Morgan fingerprint density at radius 2 is 1.58 bits per heavy atom. The van der Waals surface area contributed by atoms with Gasteiger partial charge in [-0.2, -0.15) is 0 Å². The molecule has 0 unspecified atom stereocenters. The monoisotopic (exact) mass is 539 g/mol. The van der Waals surface area contributed by atoms with Crippen LogP contribution in [0.15, 0.2) is 97.3 Å². The smallest absolute Gasteiger partial charge is 0.181 e. The summed E-state index contributed by atoms with van der Waals surface area (Å²) >= 11 is 0. The van der Waals surface area contributed by atoms with Gasteiger partial charge in [-0.3, -0.25) is 0 Å². The van der Waals surface area contributed by atoms with Crippen LogP contribution in [-0.4, -0.2) is 16.5 Å². The molecule has 5 rings (SSSR count). The highest BCUT2D eigenvalue weighted by Gasteiger charge is 2.14. The average Bonchev–Trinajstić information content (AvgIpc) is 2.89. The molecule has 0 atom stereocenters. The first-order valence-corrected chi connectivity index (χ1v) is 11.2. The normalized spacial score (nSPS) is 10.0. The van der Waals surface area contributed by atoms with Gasteiger partial charge in [-0.25, -0.2) is 15.0 Å². The van der Waals surface area contributed by atoms with Gasteiger partial charge in [0.15, 0.2) is 11.9 Å². The topological polar surface area (TPSA) is 78.0 Å². The maximum Gasteiger partial charge on any atom is 0.181 e. The van der Waals surface area contributed by atoms with Crippen LogP contribution in [0.3, 0.4) is 0 Å². The minimum absolute atomic E-state index is 0. The second-order valence-corrected chi connectivity index (χ2v) is 7.94. The molecule has 8 heteroatoms. The van der Waals surface area contributed by atoms with E-state index in [1.165, 1.54) is 5.69 Å². The molecule has 2 aromatic carbocycles. The fourth-order valence-electron chi connectivity index (χ4n) is 4.00. The molecular formula is C28H28Cl3N5. The molecule has 0 spiro atoms. The van der Waals surface area contributed by atoms with Crippen LogP contribution in [0, 0.1) is 0 Å². The molecule has 0 saturated heterocycles. The third kappa shape index (κ3) is 6.50. The quantitative estimate of drug-likeness (QED) is 0.333. The summed E-state index contributed by atoms with van der Waals surface area (Å²) in [5.74, 6) is 0.846. The molecule has 0 aliphatic rings. The minimum atomic E-state index is 0. The van der Waals surface area contributed by atoms with Gasteiger partial charge >= 0.3 is 0 Å². The number of hydrogen-bond acceptors (Lipinski definition) is 4. The van der Waals surface area contributed by atoms with E-state index in [2.05, 4.69) is 75.9 Å². The lowest BCUT2D eigenvalue weighted by Gasteiger charge is -2.14. The van der Waals surface area contributed by atoms with E-state index in [4.69, 9.17) is 10.7 Å². The molecule has 4 N–H and O–H groups in total. The summed E-state index contributed by atoms with van der Waals surface area (Å²) in [5, 5.41) is 4.51. The van der Waals surface area contributed by atoms with Crippen LogP contribution < -0.4 is 28.4 Å². The van der Waals surface area contributed by atoms with Gasteiger partial charge in [-0.05, 0) is 23.3 Å². The van der Waals surface area contributed by atoms with Crippen molar-refractivity contribution in [1.82, 2.24) is 9.97 Å². The zero-order chi connectivity index (χ0) is 22.5. The number of hydrogen-bond donors (Lipinski definition) is 2. The van der Waals surface area contributed by atoms with Gasteiger partial charge in [-0.15, -0.1) is 24.8 Å². The van der Waals surface area contributed by atoms with E-state index in [1.807, 2.05) is 36.7 Å². The van der Waals surface area contributed by atoms with E-state index < -0.39 is 0 Å². The number of fused-ring (bicyclic) bond motifs is 1. The lowest BCUT2D eigenvalue weighted by atomic mass is 9.97. The highest BCUT2D eigenvalue weighted by molar-refractivity contribution is 5.96. The maximum absolute atomic E-state index is 5.80. The Morgan fingerprint density at radius 1 is 0.833 bits per heavy atom. The molecule has 36 heavy (non-hydrogen) atoms. The largest absolute Gasteiger partial charge is 1.00 e. The molecule has 0 saturated carbocycles. The van der Waals surface area contributed by atoms with Crippen LogP contribution in [0.4, 0.5) is 5.82 Å². The van der Waals surface area contributed by atoms with Crippen molar-refractivity contribution in [3.8, 4) is 22.4 Å². The van der Waals surface area contributed by atoms with E-state index in [1.54, 1.807) is 0 Å². The number of H-pyrrole nitrogens is 1. The van der Waals surface area contributed by atoms with Crippen LogP contribution in [0.25, 0.3) is 33.3 Å². The van der Waals surface area contributed by atoms with Gasteiger partial charge in [-0.1, -0.05) is 60.7 Å². The van der Waals surface area contributed by atoms with E-state index in [0.717, 1.165) is 57.6 Å². The third-order valence-electron chi connectivity index (χ3n) is 5.75. The Kier molecular flexibility index (Phi) is 11.1. The summed E-state index contributed by atoms with van der Waals surface area (Å²) in [6.45, 7) is 1.30. The number of aromatic amines is 1. The van der Waals surface area contributed by atoms with Gasteiger partial charge in [0.2, 0.25) is 0 Å². The Bertz CT molecular complexity index is 1370. The molecular weight excluding hydrogens is 513 g/mol. The summed E-state index contributed by atoms with van der Waals surface area (Å²) in [5.41, 5.74) is 13.2. The predicted octanol–water partition coefficient (Wildman–Crippen LogP) is 2.74. The minimum Gasteiger partial charge on any atom is -1.00 e. The van der Waals surface area contributed by atoms with Crippen LogP contribution >= 0.6 is 24.8 Å². The van der Waals surface area contributed by atoms with Crippen molar-refractivity contribution < 1.29 is 17.4 Å². The standard InChI is InChI=1S/C28H25N5.3ClH/c29-19-20-9-11-22(12-10-20)27-24(21-6-2-1-3-7-21)18-25-26(33-27)14-17-32-28(25)31-16-13-23-8-4-5-15-30-23;;;/h1-12,14-15,17-18H,13,16,19,29H2,(H,31,32);3*1H. The summed E-state index contributed by atoms with van der Waals surface area (Å²) in [6.07, 6.45) is 4.64. The Balaban J connectivity index is 0.00000152. The number of rotatable bonds is 7. The first-order valence-electron chi connectivity index (χ1n) is 11.2. The number of aromatic nitrogens is 3. The van der Waals surface area contributed by atoms with Gasteiger partial charge in [0, 0.05) is 54.4 Å². The molecule has 186 valence electrons. The van der Waals surface area contributed by atoms with E-state index >= 15 is 0 Å². The fourth-order valence-corrected chi connectivity index (χ4v) is 4.00. The lowest BCUT2D eigenvalue weighted by molar-refractivity contribution is -0.389. The van der Waals surface area contributed by atoms with Gasteiger partial charge in [0.1, 0.15) is 5.82 Å². The highest BCUT2D eigenvalue weighted by Crippen LogP contribution is 2.35. The van der Waals surface area contributed by atoms with Crippen LogP contribution in [0.5, 0.6) is 0 Å². The number of halogens is 3. The summed E-state index contributed by atoms with van der Waals surface area (Å²) in [4.78, 5) is 13.0. The second kappa shape index (κ2) is 13.8. The highest BCUT2D eigenvalue weighted by atomic mass is 35.5. The van der Waals surface area contributed by atoms with Crippen LogP contribution in [0.1, 0.15) is 11.3 Å². The molecule has 0 fully saturated rings.